The maximum Gasteiger partial charge on any atom is 0.273 e. The lowest BCUT2D eigenvalue weighted by molar-refractivity contribution is 0.0704. The van der Waals surface area contributed by atoms with E-state index in [1.54, 1.807) is 24.3 Å². The Bertz CT molecular complexity index is 320. The zero-order chi connectivity index (χ0) is 9.95. The monoisotopic (exact) mass is 172 g/mol. The smallest absolute Gasteiger partial charge is 0.273 e. The number of rotatable bonds is 0. The molecule has 0 aromatic carbocycles. The Morgan fingerprint density at radius 2 is 1.46 bits per heavy atom. The van der Waals surface area contributed by atoms with Crippen molar-refractivity contribution in [3.05, 3.63) is 0 Å². The highest BCUT2D eigenvalue weighted by Crippen LogP contribution is 2.42. The van der Waals surface area contributed by atoms with Gasteiger partial charge in [0.1, 0.15) is 12.1 Å². The second-order valence-corrected chi connectivity index (χ2v) is 2.63. The molecule has 0 amide bonds. The van der Waals surface area contributed by atoms with Gasteiger partial charge in [0.25, 0.3) is 5.60 Å². The first-order valence-electron chi connectivity index (χ1n) is 3.49. The maximum absolute atomic E-state index is 8.76. The minimum atomic E-state index is -1.92. The van der Waals surface area contributed by atoms with Crippen molar-refractivity contribution in [2.45, 2.75) is 12.0 Å². The van der Waals surface area contributed by atoms with Gasteiger partial charge in [0.15, 0.2) is 0 Å². The summed E-state index contributed by atoms with van der Waals surface area (Å²) in [6, 6.07) is 6.56. The van der Waals surface area contributed by atoms with Gasteiger partial charge < -0.3 is 4.74 Å². The molecular weight excluding hydrogens is 168 g/mol. The van der Waals surface area contributed by atoms with Gasteiger partial charge in [0, 0.05) is 6.42 Å². The summed E-state index contributed by atoms with van der Waals surface area (Å²) < 4.78 is 4.87. The van der Waals surface area contributed by atoms with Crippen molar-refractivity contribution in [1.82, 2.24) is 0 Å². The molecule has 5 heteroatoms. The Balaban J connectivity index is 3.32. The summed E-state index contributed by atoms with van der Waals surface area (Å²) in [5.41, 5.74) is -3.56. The van der Waals surface area contributed by atoms with Crippen LogP contribution >= 0.6 is 0 Å². The van der Waals surface area contributed by atoms with Crippen molar-refractivity contribution in [1.29, 1.82) is 21.0 Å². The zero-order valence-corrected chi connectivity index (χ0v) is 6.61. The van der Waals surface area contributed by atoms with Crippen LogP contribution in [0, 0.1) is 50.7 Å². The van der Waals surface area contributed by atoms with Gasteiger partial charge in [0.05, 0.1) is 18.7 Å². The lowest BCUT2D eigenvalue weighted by Crippen LogP contribution is -2.40. The van der Waals surface area contributed by atoms with Gasteiger partial charge in [-0.2, -0.15) is 21.0 Å². The van der Waals surface area contributed by atoms with E-state index < -0.39 is 11.0 Å². The van der Waals surface area contributed by atoms with E-state index in [0.717, 1.165) is 0 Å². The van der Waals surface area contributed by atoms with Crippen LogP contribution < -0.4 is 0 Å². The third kappa shape index (κ3) is 0.859. The predicted octanol–water partition coefficient (Wildman–Crippen LogP) is 0.226. The molecule has 1 aliphatic heterocycles. The topological polar surface area (TPSA) is 104 Å². The highest BCUT2D eigenvalue weighted by Gasteiger charge is 2.60. The molecular formula is C8H4N4O. The van der Waals surface area contributed by atoms with Crippen molar-refractivity contribution >= 4 is 0 Å². The van der Waals surface area contributed by atoms with Gasteiger partial charge in [-0.25, -0.2) is 0 Å². The average molecular weight is 172 g/mol. The van der Waals surface area contributed by atoms with Crippen LogP contribution in [0.5, 0.6) is 0 Å². The zero-order valence-electron chi connectivity index (χ0n) is 6.61. The lowest BCUT2D eigenvalue weighted by Gasteiger charge is -2.20. The van der Waals surface area contributed by atoms with Crippen molar-refractivity contribution in [3.63, 3.8) is 0 Å². The molecule has 0 aromatic rings. The maximum atomic E-state index is 8.76. The molecule has 0 aromatic heterocycles. The Morgan fingerprint density at radius 3 is 1.77 bits per heavy atom. The highest BCUT2D eigenvalue weighted by molar-refractivity contribution is 5.39. The summed E-state index contributed by atoms with van der Waals surface area (Å²) in [6.07, 6.45) is 0.0983. The molecule has 0 aliphatic carbocycles. The third-order valence-corrected chi connectivity index (χ3v) is 2.09. The van der Waals surface area contributed by atoms with E-state index in [4.69, 9.17) is 25.8 Å². The van der Waals surface area contributed by atoms with Crippen LogP contribution in [0.2, 0.25) is 0 Å². The Hall–Kier alpha value is -2.08. The summed E-state index contributed by atoms with van der Waals surface area (Å²) in [4.78, 5) is 0. The van der Waals surface area contributed by atoms with Gasteiger partial charge in [-0.05, 0) is 0 Å². The molecule has 5 nitrogen and oxygen atoms in total. The number of nitrogens with zero attached hydrogens (tertiary/aromatic N) is 4. The lowest BCUT2D eigenvalue weighted by atomic mass is 9.75. The number of ether oxygens (including phenoxy) is 1. The van der Waals surface area contributed by atoms with Crippen LogP contribution in [0.3, 0.4) is 0 Å². The summed E-state index contributed by atoms with van der Waals surface area (Å²) in [7, 11) is 0. The van der Waals surface area contributed by atoms with E-state index >= 15 is 0 Å². The van der Waals surface area contributed by atoms with Crippen LogP contribution in [0.4, 0.5) is 0 Å². The van der Waals surface area contributed by atoms with Crippen molar-refractivity contribution in [2.24, 2.45) is 5.41 Å². The molecule has 1 rings (SSSR count). The molecule has 1 aliphatic rings. The largest absolute Gasteiger partial charge is 0.346 e. The molecule has 1 saturated heterocycles. The Labute approximate surface area is 75.0 Å². The summed E-state index contributed by atoms with van der Waals surface area (Å²) >= 11 is 0. The summed E-state index contributed by atoms with van der Waals surface area (Å²) in [5, 5.41) is 34.9. The van der Waals surface area contributed by atoms with E-state index in [1.165, 1.54) is 0 Å². The molecule has 0 unspecified atom stereocenters. The second-order valence-electron chi connectivity index (χ2n) is 2.63. The van der Waals surface area contributed by atoms with Gasteiger partial charge in [-0.1, -0.05) is 0 Å². The first-order chi connectivity index (χ1) is 6.20. The summed E-state index contributed by atoms with van der Waals surface area (Å²) in [6.45, 7) is 0.0856. The SMILES string of the molecule is N#CC1(C#N)CCOC1(C#N)C#N. The van der Waals surface area contributed by atoms with E-state index in [1.807, 2.05) is 0 Å². The van der Waals surface area contributed by atoms with Crippen LogP contribution in [-0.4, -0.2) is 12.2 Å². The second kappa shape index (κ2) is 2.76. The normalized spacial score (nSPS) is 21.8. The van der Waals surface area contributed by atoms with E-state index in [9.17, 15) is 0 Å². The molecule has 1 heterocycles. The van der Waals surface area contributed by atoms with Crippen molar-refractivity contribution < 1.29 is 4.74 Å². The quantitative estimate of drug-likeness (QED) is 0.519. The molecule has 13 heavy (non-hydrogen) atoms. The fourth-order valence-electron chi connectivity index (χ4n) is 1.23. The average Bonchev–Trinajstić information content (AvgIpc) is 2.57. The van der Waals surface area contributed by atoms with E-state index in [-0.39, 0.29) is 13.0 Å². The molecule has 0 bridgehead atoms. The minimum absolute atomic E-state index is 0.0856. The molecule has 0 atom stereocenters. The first kappa shape index (κ1) is 9.01. The molecule has 0 saturated carbocycles. The van der Waals surface area contributed by atoms with Crippen LogP contribution in [0.25, 0.3) is 0 Å². The predicted molar refractivity (Wildman–Crippen MR) is 38.2 cm³/mol. The van der Waals surface area contributed by atoms with Gasteiger partial charge in [0.2, 0.25) is 5.41 Å². The molecule has 1 fully saturated rings. The van der Waals surface area contributed by atoms with Gasteiger partial charge >= 0.3 is 0 Å². The standard InChI is InChI=1S/C8H4N4O/c9-3-7(4-10)1-2-13-8(7,5-11)6-12/h1-2H2. The molecule has 0 spiro atoms. The number of nitriles is 4. The van der Waals surface area contributed by atoms with Gasteiger partial charge in [-0.3, -0.25) is 0 Å². The van der Waals surface area contributed by atoms with Crippen LogP contribution in [0.15, 0.2) is 0 Å². The first-order valence-corrected chi connectivity index (χ1v) is 3.49. The number of hydrogen-bond acceptors (Lipinski definition) is 5. The molecule has 0 N–H and O–H groups in total. The molecule has 62 valence electrons. The number of hydrogen-bond donors (Lipinski definition) is 0. The van der Waals surface area contributed by atoms with E-state index in [0.29, 0.717) is 0 Å². The molecule has 0 radical (unpaired) electrons. The van der Waals surface area contributed by atoms with E-state index in [2.05, 4.69) is 0 Å². The van der Waals surface area contributed by atoms with Gasteiger partial charge in [-0.15, -0.1) is 0 Å². The van der Waals surface area contributed by atoms with Crippen LogP contribution in [-0.2, 0) is 4.74 Å². The Kier molecular flexibility index (Phi) is 1.91. The fraction of sp³-hybridized carbons (Fsp3) is 0.500. The highest BCUT2D eigenvalue weighted by atomic mass is 16.5. The Morgan fingerprint density at radius 1 is 0.923 bits per heavy atom. The van der Waals surface area contributed by atoms with Crippen molar-refractivity contribution in [3.8, 4) is 24.3 Å². The van der Waals surface area contributed by atoms with Crippen molar-refractivity contribution in [2.75, 3.05) is 6.61 Å². The third-order valence-electron chi connectivity index (χ3n) is 2.09. The van der Waals surface area contributed by atoms with Crippen LogP contribution in [0.1, 0.15) is 6.42 Å². The minimum Gasteiger partial charge on any atom is -0.346 e. The summed E-state index contributed by atoms with van der Waals surface area (Å²) in [5.74, 6) is 0. The fourth-order valence-corrected chi connectivity index (χ4v) is 1.23.